The molecule has 0 bridgehead atoms. The molecule has 1 aromatic carbocycles. The van der Waals surface area contributed by atoms with Crippen molar-refractivity contribution in [1.29, 1.82) is 5.26 Å². The van der Waals surface area contributed by atoms with Crippen molar-refractivity contribution in [2.75, 3.05) is 7.05 Å². The van der Waals surface area contributed by atoms with Crippen LogP contribution in [0.25, 0.3) is 11.3 Å². The van der Waals surface area contributed by atoms with Gasteiger partial charge in [0.2, 0.25) is 11.9 Å². The second-order valence-corrected chi connectivity index (χ2v) is 8.99. The van der Waals surface area contributed by atoms with Crippen molar-refractivity contribution in [3.05, 3.63) is 89.5 Å². The maximum Gasteiger partial charge on any atom is 0.224 e. The summed E-state index contributed by atoms with van der Waals surface area (Å²) in [5.74, 6) is -1.37. The zero-order valence-corrected chi connectivity index (χ0v) is 20.4. The van der Waals surface area contributed by atoms with E-state index < -0.39 is 11.9 Å². The fourth-order valence-corrected chi connectivity index (χ4v) is 4.61. The zero-order valence-electron chi connectivity index (χ0n) is 18.8. The number of hydrogen-bond acceptors (Lipinski definition) is 10. The number of pyridine rings is 2. The minimum Gasteiger partial charge on any atom is -0.454 e. The summed E-state index contributed by atoms with van der Waals surface area (Å²) in [7, 11) is 1.54. The van der Waals surface area contributed by atoms with Crippen molar-refractivity contribution < 1.29 is 13.5 Å². The van der Waals surface area contributed by atoms with Crippen LogP contribution in [0.3, 0.4) is 0 Å². The predicted octanol–water partition coefficient (Wildman–Crippen LogP) is 4.66. The van der Waals surface area contributed by atoms with E-state index in [4.69, 9.17) is 10.5 Å². The molecule has 2 aromatic heterocycles. The normalized spacial score (nSPS) is 15.2. The Morgan fingerprint density at radius 1 is 1.25 bits per heavy atom. The van der Waals surface area contributed by atoms with Gasteiger partial charge in [0.15, 0.2) is 5.75 Å². The molecule has 12 heteroatoms. The molecule has 4 rings (SSSR count). The quantitative estimate of drug-likeness (QED) is 0.220. The van der Waals surface area contributed by atoms with Gasteiger partial charge in [-0.15, -0.1) is 0 Å². The van der Waals surface area contributed by atoms with Gasteiger partial charge in [0.25, 0.3) is 0 Å². The molecule has 0 aliphatic carbocycles. The molecule has 4 N–H and O–H groups in total. The third-order valence-corrected chi connectivity index (χ3v) is 6.60. The molecule has 1 unspecified atom stereocenters. The van der Waals surface area contributed by atoms with Gasteiger partial charge in [0, 0.05) is 18.1 Å². The lowest BCUT2D eigenvalue weighted by Gasteiger charge is -2.15. The van der Waals surface area contributed by atoms with Gasteiger partial charge in [-0.05, 0) is 72.1 Å². The van der Waals surface area contributed by atoms with Crippen LogP contribution in [0, 0.1) is 23.2 Å². The maximum absolute atomic E-state index is 14.3. The fourth-order valence-electron chi connectivity index (χ4n) is 3.15. The van der Waals surface area contributed by atoms with Crippen LogP contribution in [0.5, 0.6) is 11.5 Å². The van der Waals surface area contributed by atoms with E-state index in [1.54, 1.807) is 37.0 Å². The summed E-state index contributed by atoms with van der Waals surface area (Å²) < 4.78 is 36.9. The first kappa shape index (κ1) is 25.2. The standard InChI is InChI=1S/C24H19F2N7OS2/c1-29-18(8-9-27)22-20(6-4-17(31-22)16-3-7-21(25)32-23(16)26)34-19-5-2-15(12-14(19)13-28)36-33-24-30-10-11-35-24/h2-12,24,30,33H,27H2,1H3. The Hall–Kier alpha value is -3.92. The number of nitrogens with two attached hydrogens (primary N) is 1. The summed E-state index contributed by atoms with van der Waals surface area (Å²) >= 11 is 2.98. The molecule has 3 aromatic rings. The second kappa shape index (κ2) is 11.7. The van der Waals surface area contributed by atoms with E-state index >= 15 is 0 Å². The van der Waals surface area contributed by atoms with E-state index in [1.165, 1.54) is 36.4 Å². The molecular weight excluding hydrogens is 504 g/mol. The highest BCUT2D eigenvalue weighted by Gasteiger charge is 2.18. The summed E-state index contributed by atoms with van der Waals surface area (Å²) in [5, 5.41) is 14.8. The van der Waals surface area contributed by atoms with Crippen LogP contribution in [0.4, 0.5) is 8.78 Å². The van der Waals surface area contributed by atoms with Crippen LogP contribution >= 0.6 is 23.7 Å². The number of thioether (sulfide) groups is 1. The summed E-state index contributed by atoms with van der Waals surface area (Å²) in [4.78, 5) is 12.7. The molecular formula is C24H19F2N7OS2. The molecule has 0 amide bonds. The first-order valence-electron chi connectivity index (χ1n) is 10.4. The third-order valence-electron chi connectivity index (χ3n) is 4.79. The first-order valence-corrected chi connectivity index (χ1v) is 12.2. The van der Waals surface area contributed by atoms with E-state index in [-0.39, 0.29) is 28.2 Å². The van der Waals surface area contributed by atoms with E-state index in [9.17, 15) is 14.0 Å². The Morgan fingerprint density at radius 2 is 2.08 bits per heavy atom. The van der Waals surface area contributed by atoms with E-state index in [2.05, 4.69) is 31.1 Å². The second-order valence-electron chi connectivity index (χ2n) is 7.06. The molecule has 8 nitrogen and oxygen atoms in total. The molecule has 0 radical (unpaired) electrons. The number of aliphatic imine (C=N–C) groups is 1. The molecule has 182 valence electrons. The van der Waals surface area contributed by atoms with Gasteiger partial charge in [-0.1, -0.05) is 11.8 Å². The highest BCUT2D eigenvalue weighted by Crippen LogP contribution is 2.33. The van der Waals surface area contributed by atoms with Gasteiger partial charge in [0.05, 0.1) is 22.5 Å². The van der Waals surface area contributed by atoms with Gasteiger partial charge >= 0.3 is 0 Å². The minimum absolute atomic E-state index is 0.00749. The van der Waals surface area contributed by atoms with Gasteiger partial charge in [-0.2, -0.15) is 19.0 Å². The van der Waals surface area contributed by atoms with Crippen molar-refractivity contribution in [3.8, 4) is 28.8 Å². The Bertz CT molecular complexity index is 1400. The third kappa shape index (κ3) is 5.83. The summed E-state index contributed by atoms with van der Waals surface area (Å²) in [6.07, 6.45) is 4.65. The van der Waals surface area contributed by atoms with Crippen molar-refractivity contribution in [1.82, 2.24) is 20.0 Å². The van der Waals surface area contributed by atoms with Crippen LogP contribution in [0.1, 0.15) is 11.3 Å². The number of aromatic nitrogens is 2. The number of nitrogens with one attached hydrogen (secondary N) is 2. The lowest BCUT2D eigenvalue weighted by atomic mass is 10.1. The van der Waals surface area contributed by atoms with Crippen molar-refractivity contribution in [3.63, 3.8) is 0 Å². The van der Waals surface area contributed by atoms with Crippen molar-refractivity contribution >= 4 is 29.4 Å². The molecule has 1 aliphatic heterocycles. The summed E-state index contributed by atoms with van der Waals surface area (Å²) in [5.41, 5.74) is 6.72. The van der Waals surface area contributed by atoms with Crippen LogP contribution in [-0.2, 0) is 0 Å². The summed E-state index contributed by atoms with van der Waals surface area (Å²) in [6, 6.07) is 12.7. The molecule has 0 spiro atoms. The molecule has 0 saturated heterocycles. The van der Waals surface area contributed by atoms with E-state index in [1.807, 2.05) is 17.7 Å². The van der Waals surface area contributed by atoms with Gasteiger partial charge in [0.1, 0.15) is 23.0 Å². The zero-order chi connectivity index (χ0) is 25.5. The number of allylic oxidation sites excluding steroid dienone is 1. The molecule has 0 fully saturated rings. The smallest absolute Gasteiger partial charge is 0.224 e. The van der Waals surface area contributed by atoms with Crippen LogP contribution in [-0.4, -0.2) is 28.2 Å². The lowest BCUT2D eigenvalue weighted by Crippen LogP contribution is -2.28. The van der Waals surface area contributed by atoms with E-state index in [0.29, 0.717) is 17.0 Å². The Kier molecular flexibility index (Phi) is 8.17. The first-order chi connectivity index (χ1) is 17.5. The average Bonchev–Trinajstić information content (AvgIpc) is 3.41. The molecule has 3 heterocycles. The van der Waals surface area contributed by atoms with E-state index in [0.717, 1.165) is 11.0 Å². The monoisotopic (exact) mass is 523 g/mol. The van der Waals surface area contributed by atoms with Crippen molar-refractivity contribution in [2.24, 2.45) is 10.7 Å². The number of ether oxygens (including phenoxy) is 1. The largest absolute Gasteiger partial charge is 0.454 e. The van der Waals surface area contributed by atoms with Crippen LogP contribution in [0.2, 0.25) is 0 Å². The molecule has 1 aliphatic rings. The number of halogens is 2. The Morgan fingerprint density at radius 3 is 2.78 bits per heavy atom. The highest BCUT2D eigenvalue weighted by atomic mass is 32.2. The number of rotatable bonds is 8. The number of benzene rings is 1. The summed E-state index contributed by atoms with van der Waals surface area (Å²) in [6.45, 7) is 0. The minimum atomic E-state index is -0.998. The van der Waals surface area contributed by atoms with Gasteiger partial charge in [-0.25, -0.2) is 9.71 Å². The topological polar surface area (TPSA) is 121 Å². The number of hydrogen-bond donors (Lipinski definition) is 3. The fraction of sp³-hybridized carbons (Fsp3) is 0.0833. The maximum atomic E-state index is 14.3. The van der Waals surface area contributed by atoms with Crippen LogP contribution in [0.15, 0.2) is 76.2 Å². The van der Waals surface area contributed by atoms with Crippen molar-refractivity contribution in [2.45, 2.75) is 10.4 Å². The van der Waals surface area contributed by atoms with Crippen LogP contribution < -0.4 is 20.5 Å². The molecule has 36 heavy (non-hydrogen) atoms. The molecule has 0 saturated carbocycles. The van der Waals surface area contributed by atoms with Gasteiger partial charge < -0.3 is 15.8 Å². The predicted molar refractivity (Wildman–Crippen MR) is 137 cm³/mol. The highest BCUT2D eigenvalue weighted by molar-refractivity contribution is 8.04. The lowest BCUT2D eigenvalue weighted by molar-refractivity contribution is 0.477. The number of nitriles is 1. The number of nitrogens with zero attached hydrogens (tertiary/aromatic N) is 4. The Balaban J connectivity index is 1.66. The molecule has 1 atom stereocenters. The Labute approximate surface area is 214 Å². The van der Waals surface area contributed by atoms with Gasteiger partial charge in [-0.3, -0.25) is 4.99 Å². The average molecular weight is 524 g/mol. The SMILES string of the molecule is CN=C(C=CN)c1nc(-c2ccc(F)nc2F)ccc1Oc1ccc(SNC2NC=CS2)cc1C#N.